The van der Waals surface area contributed by atoms with Crippen LogP contribution in [0.2, 0.25) is 0 Å². The van der Waals surface area contributed by atoms with Crippen molar-refractivity contribution < 1.29 is 4.79 Å². The molecule has 9 heteroatoms. The fraction of sp³-hybridized carbons (Fsp3) is 0.615. The number of hydrogen-bond acceptors (Lipinski definition) is 7. The zero-order valence-electron chi connectivity index (χ0n) is 20.2. The average molecular weight is 475 g/mol. The third kappa shape index (κ3) is 4.30. The number of H-pyrrole nitrogens is 1. The van der Waals surface area contributed by atoms with Crippen LogP contribution in [0, 0.1) is 5.92 Å². The van der Waals surface area contributed by atoms with Crippen molar-refractivity contribution in [3.8, 4) is 0 Å². The molecule has 184 valence electrons. The highest BCUT2D eigenvalue weighted by Crippen LogP contribution is 2.40. The van der Waals surface area contributed by atoms with Gasteiger partial charge >= 0.3 is 0 Å². The van der Waals surface area contributed by atoms with E-state index in [1.54, 1.807) is 0 Å². The van der Waals surface area contributed by atoms with Crippen LogP contribution < -0.4 is 10.2 Å². The summed E-state index contributed by atoms with van der Waals surface area (Å²) in [5.41, 5.74) is 2.08. The molecule has 9 nitrogen and oxygen atoms in total. The first-order chi connectivity index (χ1) is 17.2. The minimum Gasteiger partial charge on any atom is -0.329 e. The van der Waals surface area contributed by atoms with Crippen molar-refractivity contribution in [2.45, 2.75) is 75.8 Å². The van der Waals surface area contributed by atoms with E-state index in [2.05, 4.69) is 31.4 Å². The summed E-state index contributed by atoms with van der Waals surface area (Å²) in [7, 11) is 0. The predicted octanol–water partition coefficient (Wildman–Crippen LogP) is 3.88. The summed E-state index contributed by atoms with van der Waals surface area (Å²) in [6, 6.07) is 6.72. The van der Waals surface area contributed by atoms with Gasteiger partial charge in [0.15, 0.2) is 17.4 Å². The van der Waals surface area contributed by atoms with E-state index < -0.39 is 0 Å². The maximum absolute atomic E-state index is 13.5. The molecule has 0 amide bonds. The number of piperidine rings is 1. The number of fused-ring (bicyclic) bond motifs is 1. The zero-order chi connectivity index (χ0) is 23.4. The van der Waals surface area contributed by atoms with Crippen LogP contribution >= 0.6 is 0 Å². The Bertz CT molecular complexity index is 1230. The number of Topliss-reactive ketones (excluding diaryl/α,β-unsaturated/α-hetero) is 1. The molecule has 4 aliphatic rings. The lowest BCUT2D eigenvalue weighted by Crippen LogP contribution is -2.41. The molecule has 3 aromatic rings. The lowest BCUT2D eigenvalue weighted by molar-refractivity contribution is -0.121. The second-order valence-corrected chi connectivity index (χ2v) is 11.0. The van der Waals surface area contributed by atoms with Crippen LogP contribution in [0.4, 0.5) is 17.6 Å². The molecular weight excluding hydrogens is 440 g/mol. The monoisotopic (exact) mass is 474 g/mol. The van der Waals surface area contributed by atoms with Gasteiger partial charge in [-0.25, -0.2) is 4.52 Å². The van der Waals surface area contributed by atoms with Crippen LogP contribution in [0.15, 0.2) is 24.4 Å². The Morgan fingerprint density at radius 3 is 2.86 bits per heavy atom. The van der Waals surface area contributed by atoms with Crippen molar-refractivity contribution in [1.82, 2.24) is 29.7 Å². The van der Waals surface area contributed by atoms with Gasteiger partial charge < -0.3 is 15.1 Å². The van der Waals surface area contributed by atoms with Crippen molar-refractivity contribution in [1.29, 1.82) is 0 Å². The molecule has 2 atom stereocenters. The summed E-state index contributed by atoms with van der Waals surface area (Å²) in [5.74, 6) is 3.57. The van der Waals surface area contributed by atoms with Gasteiger partial charge in [0.25, 0.3) is 0 Å². The summed E-state index contributed by atoms with van der Waals surface area (Å²) in [6.45, 7) is 3.12. The molecule has 2 saturated carbocycles. The predicted molar refractivity (Wildman–Crippen MR) is 134 cm³/mol. The van der Waals surface area contributed by atoms with Gasteiger partial charge in [-0.2, -0.15) is 10.1 Å². The number of anilines is 3. The molecule has 0 aromatic carbocycles. The standard InChI is InChI=1S/C26H34N8O/c35-23(14-17-4-1-11-32(16-17)19-9-10-19)21-5-2-12-33(21)26-28-25(22-6-3-13-34(22)31-26)27-24-15-20(29-30-24)18-7-8-18/h3,6,13,15,17-19,21H,1-2,4-5,7-12,14,16H2,(H2,27,28,29,30,31)/t17?,21-/m0/s1. The number of nitrogens with zero attached hydrogens (tertiary/aromatic N) is 6. The van der Waals surface area contributed by atoms with Gasteiger partial charge in [0.05, 0.1) is 6.04 Å². The molecule has 0 spiro atoms. The van der Waals surface area contributed by atoms with E-state index >= 15 is 0 Å². The first-order valence-corrected chi connectivity index (χ1v) is 13.4. The Morgan fingerprint density at radius 1 is 1.11 bits per heavy atom. The van der Waals surface area contributed by atoms with Crippen molar-refractivity contribution in [2.75, 3.05) is 29.9 Å². The van der Waals surface area contributed by atoms with Crippen molar-refractivity contribution in [3.63, 3.8) is 0 Å². The maximum Gasteiger partial charge on any atom is 0.246 e. The molecule has 35 heavy (non-hydrogen) atoms. The van der Waals surface area contributed by atoms with E-state index in [1.165, 1.54) is 50.8 Å². The minimum atomic E-state index is -0.126. The SMILES string of the molecule is O=C(CC1CCCN(C2CC2)C1)[C@@H]1CCCN1c1nc(Nc2cc(C3CC3)[nH]n2)c2cccn2n1. The number of carbonyl (C=O) groups is 1. The normalized spacial score (nSPS) is 25.4. The van der Waals surface area contributed by atoms with Crippen molar-refractivity contribution in [2.24, 2.45) is 5.92 Å². The Morgan fingerprint density at radius 2 is 2.00 bits per heavy atom. The van der Waals surface area contributed by atoms with Gasteiger partial charge in [0, 0.05) is 49.4 Å². The zero-order valence-corrected chi connectivity index (χ0v) is 20.2. The molecule has 2 aliphatic carbocycles. The molecular formula is C26H34N8O. The number of rotatable bonds is 8. The Kier molecular flexibility index (Phi) is 5.26. The van der Waals surface area contributed by atoms with Crippen LogP contribution in [0.1, 0.15) is 69.4 Å². The minimum absolute atomic E-state index is 0.126. The van der Waals surface area contributed by atoms with E-state index in [-0.39, 0.29) is 6.04 Å². The van der Waals surface area contributed by atoms with Gasteiger partial charge in [-0.3, -0.25) is 9.89 Å². The first-order valence-electron chi connectivity index (χ1n) is 13.4. The smallest absolute Gasteiger partial charge is 0.246 e. The van der Waals surface area contributed by atoms with E-state index in [9.17, 15) is 4.79 Å². The first kappa shape index (κ1) is 21.4. The number of hydrogen-bond donors (Lipinski definition) is 2. The average Bonchev–Trinajstić information content (AvgIpc) is 3.74. The van der Waals surface area contributed by atoms with Crippen LogP contribution in [0.3, 0.4) is 0 Å². The van der Waals surface area contributed by atoms with Gasteiger partial charge in [0.2, 0.25) is 5.95 Å². The second kappa shape index (κ2) is 8.62. The summed E-state index contributed by atoms with van der Waals surface area (Å²) in [5, 5.41) is 15.8. The summed E-state index contributed by atoms with van der Waals surface area (Å²) in [6.07, 6.45) is 12.0. The molecule has 5 heterocycles. The van der Waals surface area contributed by atoms with E-state index in [4.69, 9.17) is 10.1 Å². The maximum atomic E-state index is 13.5. The topological polar surface area (TPSA) is 94.5 Å². The van der Waals surface area contributed by atoms with Crippen molar-refractivity contribution >= 4 is 28.9 Å². The van der Waals surface area contributed by atoms with Crippen LogP contribution in [0.25, 0.3) is 5.52 Å². The van der Waals surface area contributed by atoms with Crippen LogP contribution in [-0.4, -0.2) is 67.2 Å². The van der Waals surface area contributed by atoms with Crippen LogP contribution in [-0.2, 0) is 4.79 Å². The molecule has 7 rings (SSSR count). The fourth-order valence-corrected chi connectivity index (χ4v) is 6.06. The molecule has 3 aromatic heterocycles. The second-order valence-electron chi connectivity index (χ2n) is 11.0. The molecule has 4 fully saturated rings. The summed E-state index contributed by atoms with van der Waals surface area (Å²) in [4.78, 5) is 23.2. The molecule has 1 unspecified atom stereocenters. The third-order valence-corrected chi connectivity index (χ3v) is 8.23. The highest BCUT2D eigenvalue weighted by Gasteiger charge is 2.37. The molecule has 0 radical (unpaired) electrons. The highest BCUT2D eigenvalue weighted by atomic mass is 16.1. The van der Waals surface area contributed by atoms with Gasteiger partial charge in [-0.15, -0.1) is 5.10 Å². The van der Waals surface area contributed by atoms with E-state index in [0.29, 0.717) is 30.0 Å². The lowest BCUT2D eigenvalue weighted by Gasteiger charge is -2.33. The number of carbonyl (C=O) groups excluding carboxylic acids is 1. The number of aromatic amines is 1. The number of aromatic nitrogens is 5. The molecule has 0 bridgehead atoms. The van der Waals surface area contributed by atoms with Gasteiger partial charge in [-0.05, 0) is 76.0 Å². The Balaban J connectivity index is 1.10. The number of ketones is 1. The highest BCUT2D eigenvalue weighted by molar-refractivity contribution is 5.87. The van der Waals surface area contributed by atoms with Crippen LogP contribution in [0.5, 0.6) is 0 Å². The van der Waals surface area contributed by atoms with Crippen molar-refractivity contribution in [3.05, 3.63) is 30.1 Å². The number of nitrogens with one attached hydrogen (secondary N) is 2. The van der Waals surface area contributed by atoms with Gasteiger partial charge in [0.1, 0.15) is 5.52 Å². The molecule has 2 aliphatic heterocycles. The quantitative estimate of drug-likeness (QED) is 0.512. The van der Waals surface area contributed by atoms with Gasteiger partial charge in [-0.1, -0.05) is 0 Å². The summed E-state index contributed by atoms with van der Waals surface area (Å²) >= 11 is 0. The molecule has 2 saturated heterocycles. The summed E-state index contributed by atoms with van der Waals surface area (Å²) < 4.78 is 1.85. The van der Waals surface area contributed by atoms with E-state index in [0.717, 1.165) is 49.1 Å². The van der Waals surface area contributed by atoms with E-state index in [1.807, 2.05) is 22.8 Å². The number of likely N-dealkylation sites (tertiary alicyclic amines) is 1. The Labute approximate surface area is 205 Å². The lowest BCUT2D eigenvalue weighted by atomic mass is 9.90. The Hall–Kier alpha value is -2.94. The molecule has 2 N–H and O–H groups in total. The third-order valence-electron chi connectivity index (χ3n) is 8.23. The largest absolute Gasteiger partial charge is 0.329 e. The fourth-order valence-electron chi connectivity index (χ4n) is 6.06.